The molecule has 1 aromatic carbocycles. The summed E-state index contributed by atoms with van der Waals surface area (Å²) in [6, 6.07) is 9.23. The number of aromatic nitrogens is 2. The van der Waals surface area contributed by atoms with Crippen LogP contribution in [0.4, 0.5) is 0 Å². The number of benzene rings is 1. The minimum absolute atomic E-state index is 0.0922. The van der Waals surface area contributed by atoms with Gasteiger partial charge in [-0.1, -0.05) is 37.6 Å². The molecular weight excluding hydrogens is 292 g/mol. The molecule has 0 amide bonds. The Balaban J connectivity index is 2.11. The van der Waals surface area contributed by atoms with Crippen molar-refractivity contribution in [3.05, 3.63) is 57.2 Å². The van der Waals surface area contributed by atoms with Crippen LogP contribution < -0.4 is 5.56 Å². The Kier molecular flexibility index (Phi) is 5.26. The van der Waals surface area contributed by atoms with Gasteiger partial charge < -0.3 is 4.98 Å². The quantitative estimate of drug-likeness (QED) is 0.852. The Bertz CT molecular complexity index is 640. The molecule has 0 saturated carbocycles. The number of nitrogens with one attached hydrogen (secondary N) is 1. The molecule has 2 aromatic rings. The zero-order valence-electron chi connectivity index (χ0n) is 11.5. The van der Waals surface area contributed by atoms with Crippen molar-refractivity contribution in [1.29, 1.82) is 0 Å². The van der Waals surface area contributed by atoms with Crippen molar-refractivity contribution in [3.8, 4) is 0 Å². The molecule has 0 aliphatic carbocycles. The molecule has 3 nitrogen and oxygen atoms in total. The maximum absolute atomic E-state index is 11.6. The monoisotopic (exact) mass is 308 g/mol. The summed E-state index contributed by atoms with van der Waals surface area (Å²) in [6.45, 7) is 4.22. The highest BCUT2D eigenvalue weighted by Gasteiger charge is 2.06. The fourth-order valence-electron chi connectivity index (χ4n) is 1.86. The van der Waals surface area contributed by atoms with Gasteiger partial charge in [-0.05, 0) is 24.5 Å². The van der Waals surface area contributed by atoms with Crippen LogP contribution in [0.5, 0.6) is 0 Å². The summed E-state index contributed by atoms with van der Waals surface area (Å²) >= 11 is 7.68. The van der Waals surface area contributed by atoms with E-state index in [1.807, 2.05) is 24.3 Å². The number of halogens is 1. The van der Waals surface area contributed by atoms with Gasteiger partial charge in [0.2, 0.25) is 0 Å². The number of H-pyrrole nitrogens is 1. The molecule has 0 unspecified atom stereocenters. The van der Waals surface area contributed by atoms with E-state index in [0.717, 1.165) is 22.0 Å². The highest BCUT2D eigenvalue weighted by atomic mass is 35.5. The van der Waals surface area contributed by atoms with E-state index in [1.54, 1.807) is 17.8 Å². The van der Waals surface area contributed by atoms with Crippen LogP contribution in [0.15, 0.2) is 40.0 Å². The van der Waals surface area contributed by atoms with E-state index in [2.05, 4.69) is 23.8 Å². The topological polar surface area (TPSA) is 45.8 Å². The minimum Gasteiger partial charge on any atom is -0.310 e. The first-order chi connectivity index (χ1) is 9.54. The van der Waals surface area contributed by atoms with Crippen LogP contribution in [-0.4, -0.2) is 9.97 Å². The summed E-state index contributed by atoms with van der Waals surface area (Å²) in [5.74, 6) is 1.77. The van der Waals surface area contributed by atoms with Gasteiger partial charge in [0.25, 0.3) is 5.56 Å². The summed E-state index contributed by atoms with van der Waals surface area (Å²) in [5.41, 5.74) is 0.754. The van der Waals surface area contributed by atoms with Crippen molar-refractivity contribution < 1.29 is 0 Å². The minimum atomic E-state index is -0.0922. The first kappa shape index (κ1) is 15.1. The second-order valence-corrected chi connectivity index (χ2v) is 6.42. The van der Waals surface area contributed by atoms with Crippen molar-refractivity contribution >= 4 is 23.4 Å². The van der Waals surface area contributed by atoms with Crippen LogP contribution in [0.25, 0.3) is 0 Å². The molecule has 0 aliphatic heterocycles. The summed E-state index contributed by atoms with van der Waals surface area (Å²) in [6.07, 6.45) is 0.813. The van der Waals surface area contributed by atoms with Crippen molar-refractivity contribution in [2.24, 2.45) is 5.92 Å². The Morgan fingerprint density at radius 1 is 1.35 bits per heavy atom. The molecule has 1 aromatic heterocycles. The average molecular weight is 309 g/mol. The van der Waals surface area contributed by atoms with Gasteiger partial charge in [0.15, 0.2) is 0 Å². The number of hydrogen-bond donors (Lipinski definition) is 1. The predicted octanol–water partition coefficient (Wildman–Crippen LogP) is 3.91. The lowest BCUT2D eigenvalue weighted by atomic mass is 10.1. The third-order valence-electron chi connectivity index (χ3n) is 2.66. The first-order valence-corrected chi connectivity index (χ1v) is 7.87. The van der Waals surface area contributed by atoms with E-state index in [4.69, 9.17) is 11.6 Å². The molecule has 0 fully saturated rings. The Morgan fingerprint density at radius 2 is 2.10 bits per heavy atom. The Hall–Kier alpha value is -1.26. The maximum atomic E-state index is 11.6. The van der Waals surface area contributed by atoms with E-state index in [0.29, 0.717) is 17.5 Å². The lowest BCUT2D eigenvalue weighted by Gasteiger charge is -2.07. The lowest BCUT2D eigenvalue weighted by Crippen LogP contribution is -2.13. The van der Waals surface area contributed by atoms with Crippen molar-refractivity contribution in [3.63, 3.8) is 0 Å². The molecule has 2 rings (SSSR count). The van der Waals surface area contributed by atoms with Crippen LogP contribution in [0.1, 0.15) is 25.4 Å². The molecule has 0 atom stereocenters. The number of rotatable bonds is 5. The second kappa shape index (κ2) is 6.95. The Labute approximate surface area is 127 Å². The molecular formula is C15H17ClN2OS. The summed E-state index contributed by atoms with van der Waals surface area (Å²) < 4.78 is 0. The number of nitrogens with zero attached hydrogens (tertiary/aromatic N) is 1. The van der Waals surface area contributed by atoms with Gasteiger partial charge in [-0.2, -0.15) is 0 Å². The van der Waals surface area contributed by atoms with Gasteiger partial charge in [0.1, 0.15) is 5.82 Å². The molecule has 0 bridgehead atoms. The van der Waals surface area contributed by atoms with Gasteiger partial charge in [0, 0.05) is 16.7 Å². The summed E-state index contributed by atoms with van der Waals surface area (Å²) in [7, 11) is 0. The van der Waals surface area contributed by atoms with Crippen LogP contribution >= 0.6 is 23.4 Å². The van der Waals surface area contributed by atoms with Gasteiger partial charge >= 0.3 is 0 Å². The highest BCUT2D eigenvalue weighted by Crippen LogP contribution is 2.28. The Morgan fingerprint density at radius 3 is 2.80 bits per heavy atom. The normalized spacial score (nSPS) is 11.0. The van der Waals surface area contributed by atoms with Gasteiger partial charge in [0.05, 0.1) is 10.8 Å². The van der Waals surface area contributed by atoms with Gasteiger partial charge in [-0.25, -0.2) is 4.98 Å². The van der Waals surface area contributed by atoms with Crippen LogP contribution in [0.3, 0.4) is 0 Å². The molecule has 1 heterocycles. The number of hydrogen-bond acceptors (Lipinski definition) is 3. The summed E-state index contributed by atoms with van der Waals surface area (Å²) in [4.78, 5) is 19.9. The van der Waals surface area contributed by atoms with E-state index in [9.17, 15) is 4.79 Å². The molecule has 1 N–H and O–H groups in total. The number of aromatic amines is 1. The smallest absolute Gasteiger partial charge is 0.251 e. The summed E-state index contributed by atoms with van der Waals surface area (Å²) in [5, 5.41) is 0.721. The number of thioether (sulfide) groups is 1. The molecule has 0 aliphatic rings. The van der Waals surface area contributed by atoms with E-state index >= 15 is 0 Å². The highest BCUT2D eigenvalue weighted by molar-refractivity contribution is 7.98. The van der Waals surface area contributed by atoms with Crippen LogP contribution in [-0.2, 0) is 12.2 Å². The molecule has 106 valence electrons. The maximum Gasteiger partial charge on any atom is 0.251 e. The molecule has 5 heteroatoms. The predicted molar refractivity (Wildman–Crippen MR) is 84.4 cm³/mol. The molecule has 0 saturated heterocycles. The van der Waals surface area contributed by atoms with Crippen LogP contribution in [0, 0.1) is 5.92 Å². The van der Waals surface area contributed by atoms with Crippen LogP contribution in [0.2, 0.25) is 5.02 Å². The van der Waals surface area contributed by atoms with Gasteiger partial charge in [-0.3, -0.25) is 4.79 Å². The van der Waals surface area contributed by atoms with Gasteiger partial charge in [-0.15, -0.1) is 11.8 Å². The standard InChI is InChI=1S/C15H17ClN2OS/c1-10(2)7-11-8-15(19)18-14(17-11)9-20-13-6-4-3-5-12(13)16/h3-6,8,10H,7,9H2,1-2H3,(H,17,18,19). The second-order valence-electron chi connectivity index (χ2n) is 5.00. The zero-order valence-corrected chi connectivity index (χ0v) is 13.1. The zero-order chi connectivity index (χ0) is 14.5. The van der Waals surface area contributed by atoms with E-state index in [-0.39, 0.29) is 5.56 Å². The fourth-order valence-corrected chi connectivity index (χ4v) is 2.97. The fraction of sp³-hybridized carbons (Fsp3) is 0.333. The molecule has 0 spiro atoms. The van der Waals surface area contributed by atoms with Crippen molar-refractivity contribution in [2.75, 3.05) is 0 Å². The first-order valence-electron chi connectivity index (χ1n) is 6.51. The van der Waals surface area contributed by atoms with Crippen molar-refractivity contribution in [2.45, 2.75) is 30.9 Å². The third kappa shape index (κ3) is 4.39. The van der Waals surface area contributed by atoms with E-state index in [1.165, 1.54) is 0 Å². The molecule has 20 heavy (non-hydrogen) atoms. The molecule has 0 radical (unpaired) electrons. The SMILES string of the molecule is CC(C)Cc1cc(=O)[nH]c(CSc2ccccc2Cl)n1. The van der Waals surface area contributed by atoms with E-state index < -0.39 is 0 Å². The third-order valence-corrected chi connectivity index (χ3v) is 4.19. The largest absolute Gasteiger partial charge is 0.310 e. The average Bonchev–Trinajstić information content (AvgIpc) is 2.36. The van der Waals surface area contributed by atoms with Crippen molar-refractivity contribution in [1.82, 2.24) is 9.97 Å². The lowest BCUT2D eigenvalue weighted by molar-refractivity contribution is 0.630.